The molecule has 2 rings (SSSR count). The molecule has 1 amide bonds. The van der Waals surface area contributed by atoms with Gasteiger partial charge in [-0.15, -0.1) is 11.8 Å². The van der Waals surface area contributed by atoms with E-state index in [-0.39, 0.29) is 5.91 Å². The first-order valence-electron chi connectivity index (χ1n) is 6.72. The fraction of sp³-hybridized carbons (Fsp3) is 0.333. The number of aryl methyl sites for hydroxylation is 2. The smallest absolute Gasteiger partial charge is 0.221 e. The summed E-state index contributed by atoms with van der Waals surface area (Å²) in [6.07, 6.45) is 0.921. The zero-order valence-electron chi connectivity index (χ0n) is 12.3. The minimum Gasteiger partial charge on any atom is -0.326 e. The van der Waals surface area contributed by atoms with Crippen molar-refractivity contribution in [1.82, 2.24) is 9.78 Å². The maximum Gasteiger partial charge on any atom is 0.221 e. The molecule has 0 spiro atoms. The van der Waals surface area contributed by atoms with Gasteiger partial charge in [-0.05, 0) is 46.6 Å². The second kappa shape index (κ2) is 7.13. The molecule has 21 heavy (non-hydrogen) atoms. The quantitative estimate of drug-likeness (QED) is 0.812. The van der Waals surface area contributed by atoms with E-state index in [0.29, 0.717) is 0 Å². The Labute approximate surface area is 137 Å². The Morgan fingerprint density at radius 3 is 2.57 bits per heavy atom. The Kier molecular flexibility index (Phi) is 5.47. The third kappa shape index (κ3) is 4.11. The molecule has 1 aromatic heterocycles. The van der Waals surface area contributed by atoms with Gasteiger partial charge in [0.25, 0.3) is 0 Å². The van der Waals surface area contributed by atoms with E-state index in [0.717, 1.165) is 32.9 Å². The zero-order chi connectivity index (χ0) is 15.4. The van der Waals surface area contributed by atoms with Crippen molar-refractivity contribution >= 4 is 39.3 Å². The molecule has 0 radical (unpaired) electrons. The van der Waals surface area contributed by atoms with E-state index in [1.807, 2.05) is 36.0 Å². The third-order valence-electron chi connectivity index (χ3n) is 3.05. The van der Waals surface area contributed by atoms with Crippen LogP contribution in [0.4, 0.5) is 5.69 Å². The van der Waals surface area contributed by atoms with Crippen molar-refractivity contribution in [2.45, 2.75) is 30.9 Å². The number of thioether (sulfide) groups is 1. The molecule has 0 aliphatic heterocycles. The summed E-state index contributed by atoms with van der Waals surface area (Å²) < 4.78 is 3.04. The first-order chi connectivity index (χ1) is 10.0. The summed E-state index contributed by atoms with van der Waals surface area (Å²) in [5.74, 6) is 0.796. The van der Waals surface area contributed by atoms with Gasteiger partial charge in [-0.3, -0.25) is 9.48 Å². The highest BCUT2D eigenvalue weighted by molar-refractivity contribution is 9.10. The summed E-state index contributed by atoms with van der Waals surface area (Å²) in [6, 6.07) is 7.86. The molecular weight excluding hydrogens is 350 g/mol. The summed E-state index contributed by atoms with van der Waals surface area (Å²) in [7, 11) is 1.97. The van der Waals surface area contributed by atoms with E-state index in [1.165, 1.54) is 12.6 Å². The Balaban J connectivity index is 2.03. The number of anilines is 1. The van der Waals surface area contributed by atoms with Gasteiger partial charge in [-0.1, -0.05) is 6.92 Å². The Bertz CT molecular complexity index is 637. The molecule has 4 nitrogen and oxygen atoms in total. The predicted molar refractivity (Wildman–Crippen MR) is 90.6 cm³/mol. The highest BCUT2D eigenvalue weighted by Gasteiger charge is 2.12. The van der Waals surface area contributed by atoms with Crippen LogP contribution in [0.2, 0.25) is 0 Å². The molecule has 1 heterocycles. The summed E-state index contributed by atoms with van der Waals surface area (Å²) in [5.41, 5.74) is 3.10. The molecule has 6 heteroatoms. The van der Waals surface area contributed by atoms with Crippen molar-refractivity contribution in [2.75, 3.05) is 5.32 Å². The number of nitrogens with one attached hydrogen (secondary N) is 1. The van der Waals surface area contributed by atoms with E-state index in [2.05, 4.69) is 33.3 Å². The molecule has 1 aromatic carbocycles. The van der Waals surface area contributed by atoms with Crippen molar-refractivity contribution in [2.24, 2.45) is 7.05 Å². The van der Waals surface area contributed by atoms with Crippen LogP contribution in [0.1, 0.15) is 25.2 Å². The molecule has 0 aliphatic rings. The van der Waals surface area contributed by atoms with Crippen LogP contribution in [-0.2, 0) is 24.0 Å². The van der Waals surface area contributed by atoms with E-state index < -0.39 is 0 Å². The van der Waals surface area contributed by atoms with E-state index in [9.17, 15) is 4.79 Å². The van der Waals surface area contributed by atoms with Crippen molar-refractivity contribution in [3.05, 3.63) is 40.1 Å². The number of benzene rings is 1. The summed E-state index contributed by atoms with van der Waals surface area (Å²) in [6.45, 7) is 3.61. The maximum atomic E-state index is 11.0. The van der Waals surface area contributed by atoms with Crippen LogP contribution in [0.25, 0.3) is 0 Å². The minimum absolute atomic E-state index is 0.0543. The van der Waals surface area contributed by atoms with Gasteiger partial charge < -0.3 is 5.32 Å². The summed E-state index contributed by atoms with van der Waals surface area (Å²) in [5, 5.41) is 7.26. The van der Waals surface area contributed by atoms with Crippen LogP contribution in [0.3, 0.4) is 0 Å². The lowest BCUT2D eigenvalue weighted by atomic mass is 10.3. The van der Waals surface area contributed by atoms with Gasteiger partial charge in [-0.2, -0.15) is 5.10 Å². The molecule has 0 atom stereocenters. The molecule has 112 valence electrons. The van der Waals surface area contributed by atoms with Gasteiger partial charge in [0.05, 0.1) is 15.9 Å². The first-order valence-corrected chi connectivity index (χ1v) is 8.49. The second-order valence-electron chi connectivity index (χ2n) is 4.68. The highest BCUT2D eigenvalue weighted by atomic mass is 79.9. The van der Waals surface area contributed by atoms with Crippen molar-refractivity contribution in [3.63, 3.8) is 0 Å². The largest absolute Gasteiger partial charge is 0.326 e. The van der Waals surface area contributed by atoms with Crippen LogP contribution in [0.15, 0.2) is 33.6 Å². The average molecular weight is 368 g/mol. The number of carbonyl (C=O) groups is 1. The van der Waals surface area contributed by atoms with Gasteiger partial charge in [0, 0.05) is 30.3 Å². The lowest BCUT2D eigenvalue weighted by molar-refractivity contribution is -0.114. The molecule has 0 saturated heterocycles. The average Bonchev–Trinajstić information content (AvgIpc) is 2.72. The van der Waals surface area contributed by atoms with Gasteiger partial charge in [0.1, 0.15) is 0 Å². The van der Waals surface area contributed by atoms with E-state index in [1.54, 1.807) is 11.8 Å². The lowest BCUT2D eigenvalue weighted by Crippen LogP contribution is -2.05. The molecule has 0 saturated carbocycles. The van der Waals surface area contributed by atoms with Gasteiger partial charge >= 0.3 is 0 Å². The van der Waals surface area contributed by atoms with Gasteiger partial charge in [0.15, 0.2) is 0 Å². The fourth-order valence-corrected chi connectivity index (χ4v) is 3.87. The van der Waals surface area contributed by atoms with E-state index in [4.69, 9.17) is 0 Å². The van der Waals surface area contributed by atoms with Crippen LogP contribution in [0, 0.1) is 0 Å². The number of aromatic nitrogens is 2. The Hall–Kier alpha value is -1.27. The number of hydrogen-bond donors (Lipinski definition) is 1. The fourth-order valence-electron chi connectivity index (χ4n) is 1.97. The molecule has 0 aliphatic carbocycles. The van der Waals surface area contributed by atoms with Crippen LogP contribution >= 0.6 is 27.7 Å². The van der Waals surface area contributed by atoms with Crippen LogP contribution in [-0.4, -0.2) is 15.7 Å². The Morgan fingerprint density at radius 2 is 2.05 bits per heavy atom. The summed E-state index contributed by atoms with van der Waals surface area (Å²) >= 11 is 5.38. The zero-order valence-corrected chi connectivity index (χ0v) is 14.7. The number of halogens is 1. The van der Waals surface area contributed by atoms with Crippen LogP contribution in [0.5, 0.6) is 0 Å². The molecule has 0 unspecified atom stereocenters. The van der Waals surface area contributed by atoms with Crippen molar-refractivity contribution in [1.29, 1.82) is 0 Å². The summed E-state index contributed by atoms with van der Waals surface area (Å²) in [4.78, 5) is 12.1. The molecule has 2 aromatic rings. The van der Waals surface area contributed by atoms with E-state index >= 15 is 0 Å². The normalized spacial score (nSPS) is 10.7. The van der Waals surface area contributed by atoms with Crippen molar-refractivity contribution in [3.8, 4) is 0 Å². The predicted octanol–water partition coefficient (Wildman–Crippen LogP) is 4.00. The second-order valence-corrected chi connectivity index (χ2v) is 6.52. The minimum atomic E-state index is -0.0543. The lowest BCUT2D eigenvalue weighted by Gasteiger charge is -2.05. The molecule has 0 fully saturated rings. The number of carbonyl (C=O) groups excluding carboxylic acids is 1. The standard InChI is InChI=1S/C15H18BrN3OS/c1-4-13-15(16)14(19(3)18-13)9-21-12-7-5-11(6-8-12)17-10(2)20/h5-8H,4,9H2,1-3H3,(H,17,20). The number of rotatable bonds is 5. The molecule has 0 bridgehead atoms. The molecule has 1 N–H and O–H groups in total. The monoisotopic (exact) mass is 367 g/mol. The first kappa shape index (κ1) is 16.1. The maximum absolute atomic E-state index is 11.0. The Morgan fingerprint density at radius 1 is 1.38 bits per heavy atom. The topological polar surface area (TPSA) is 46.9 Å². The third-order valence-corrected chi connectivity index (χ3v) is 4.99. The number of hydrogen-bond acceptors (Lipinski definition) is 3. The van der Waals surface area contributed by atoms with Crippen LogP contribution < -0.4 is 5.32 Å². The van der Waals surface area contributed by atoms with Gasteiger partial charge in [-0.25, -0.2) is 0 Å². The van der Waals surface area contributed by atoms with Crippen molar-refractivity contribution < 1.29 is 4.79 Å². The van der Waals surface area contributed by atoms with Gasteiger partial charge in [0.2, 0.25) is 5.91 Å². The number of nitrogens with zero attached hydrogens (tertiary/aromatic N) is 2. The number of amides is 1. The molecular formula is C15H18BrN3OS. The highest BCUT2D eigenvalue weighted by Crippen LogP contribution is 2.29. The SMILES string of the molecule is CCc1nn(C)c(CSc2ccc(NC(C)=O)cc2)c1Br.